The second-order valence-electron chi connectivity index (χ2n) is 5.77. The van der Waals surface area contributed by atoms with Crippen LogP contribution in [-0.2, 0) is 0 Å². The Morgan fingerprint density at radius 1 is 1.00 bits per heavy atom. The van der Waals surface area contributed by atoms with Gasteiger partial charge in [-0.1, -0.05) is 30.0 Å². The van der Waals surface area contributed by atoms with Crippen LogP contribution >= 0.6 is 11.8 Å². The number of hydrogen-bond donors (Lipinski definition) is 1. The van der Waals surface area contributed by atoms with Gasteiger partial charge in [-0.05, 0) is 54.5 Å². The molecule has 3 rings (SSSR count). The molecule has 0 aliphatic carbocycles. The van der Waals surface area contributed by atoms with Crippen molar-refractivity contribution in [2.75, 3.05) is 5.75 Å². The Morgan fingerprint density at radius 3 is 2.37 bits per heavy atom. The van der Waals surface area contributed by atoms with Crippen LogP contribution in [-0.4, -0.2) is 26.7 Å². The van der Waals surface area contributed by atoms with E-state index in [0.717, 1.165) is 5.56 Å². The van der Waals surface area contributed by atoms with Gasteiger partial charge in [0.05, 0.1) is 0 Å². The SMILES string of the molecule is O=C(CCCSc1n[nH]c(C=Cc2ccc(F)cc2)n1)c1ccc(F)cc1. The van der Waals surface area contributed by atoms with Crippen LogP contribution in [0.1, 0.15) is 34.6 Å². The fourth-order valence-electron chi connectivity index (χ4n) is 2.32. The van der Waals surface area contributed by atoms with Gasteiger partial charge in [0.15, 0.2) is 5.78 Å². The van der Waals surface area contributed by atoms with Crippen LogP contribution in [0.15, 0.2) is 53.7 Å². The first kappa shape index (κ1) is 19.0. The maximum atomic E-state index is 12.9. The lowest BCUT2D eigenvalue weighted by molar-refractivity contribution is 0.0982. The van der Waals surface area contributed by atoms with Crippen molar-refractivity contribution in [3.63, 3.8) is 0 Å². The molecule has 0 aliphatic heterocycles. The Labute approximate surface area is 159 Å². The molecule has 0 unspecified atom stereocenters. The zero-order valence-electron chi connectivity index (χ0n) is 14.4. The van der Waals surface area contributed by atoms with E-state index in [0.29, 0.717) is 35.1 Å². The number of carbonyl (C=O) groups is 1. The van der Waals surface area contributed by atoms with Crippen molar-refractivity contribution in [2.24, 2.45) is 0 Å². The summed E-state index contributed by atoms with van der Waals surface area (Å²) in [7, 11) is 0. The summed E-state index contributed by atoms with van der Waals surface area (Å²) < 4.78 is 25.7. The van der Waals surface area contributed by atoms with Crippen molar-refractivity contribution in [3.05, 3.63) is 77.1 Å². The van der Waals surface area contributed by atoms with Crippen LogP contribution in [0.25, 0.3) is 12.2 Å². The Hall–Kier alpha value is -2.80. The Morgan fingerprint density at radius 2 is 1.67 bits per heavy atom. The van der Waals surface area contributed by atoms with Crippen LogP contribution in [0.4, 0.5) is 8.78 Å². The summed E-state index contributed by atoms with van der Waals surface area (Å²) in [5, 5.41) is 7.54. The molecule has 0 spiro atoms. The number of thioether (sulfide) groups is 1. The molecule has 0 saturated carbocycles. The van der Waals surface area contributed by atoms with E-state index in [2.05, 4.69) is 15.2 Å². The summed E-state index contributed by atoms with van der Waals surface area (Å²) in [6.45, 7) is 0. The minimum atomic E-state index is -0.351. The van der Waals surface area contributed by atoms with E-state index in [9.17, 15) is 13.6 Å². The first-order valence-electron chi connectivity index (χ1n) is 8.38. The van der Waals surface area contributed by atoms with Crippen LogP contribution in [0.3, 0.4) is 0 Å². The first-order valence-corrected chi connectivity index (χ1v) is 9.36. The third kappa shape index (κ3) is 5.86. The summed E-state index contributed by atoms with van der Waals surface area (Å²) in [4.78, 5) is 16.3. The maximum Gasteiger partial charge on any atom is 0.208 e. The van der Waals surface area contributed by atoms with Crippen molar-refractivity contribution in [1.29, 1.82) is 0 Å². The summed E-state index contributed by atoms with van der Waals surface area (Å²) in [5.41, 5.74) is 1.38. The second-order valence-corrected chi connectivity index (χ2v) is 6.83. The molecule has 2 aromatic carbocycles. The molecular formula is C20H17F2N3OS. The van der Waals surface area contributed by atoms with Crippen LogP contribution in [0.2, 0.25) is 0 Å². The fraction of sp³-hybridized carbons (Fsp3) is 0.150. The van der Waals surface area contributed by atoms with Gasteiger partial charge in [-0.25, -0.2) is 13.8 Å². The van der Waals surface area contributed by atoms with Gasteiger partial charge in [0.1, 0.15) is 17.5 Å². The van der Waals surface area contributed by atoms with Gasteiger partial charge in [-0.2, -0.15) is 0 Å². The molecule has 1 heterocycles. The topological polar surface area (TPSA) is 58.6 Å². The number of hydrogen-bond acceptors (Lipinski definition) is 4. The Kier molecular flexibility index (Phi) is 6.49. The molecule has 0 amide bonds. The van der Waals surface area contributed by atoms with Crippen molar-refractivity contribution < 1.29 is 13.6 Å². The number of aromatic nitrogens is 3. The molecular weight excluding hydrogens is 368 g/mol. The van der Waals surface area contributed by atoms with Gasteiger partial charge in [0.25, 0.3) is 0 Å². The normalized spacial score (nSPS) is 11.2. The average Bonchev–Trinajstić information content (AvgIpc) is 3.13. The Balaban J connectivity index is 1.43. The molecule has 0 atom stereocenters. The quantitative estimate of drug-likeness (QED) is 0.336. The Bertz CT molecular complexity index is 921. The minimum absolute atomic E-state index is 0.00601. The van der Waals surface area contributed by atoms with E-state index in [1.54, 1.807) is 18.2 Å². The van der Waals surface area contributed by atoms with Gasteiger partial charge in [0.2, 0.25) is 5.16 Å². The number of carbonyl (C=O) groups excluding carboxylic acids is 1. The number of H-pyrrole nitrogens is 1. The standard InChI is InChI=1S/C20H17F2N3OS/c21-16-8-3-14(4-9-16)5-12-19-23-20(25-24-19)27-13-1-2-18(26)15-6-10-17(22)11-7-15/h3-12H,1-2,13H2,(H,23,24,25). The molecule has 0 aliphatic rings. The van der Waals surface area contributed by atoms with E-state index in [-0.39, 0.29) is 17.4 Å². The summed E-state index contributed by atoms with van der Waals surface area (Å²) in [6, 6.07) is 11.7. The molecule has 1 aromatic heterocycles. The average molecular weight is 385 g/mol. The number of nitrogens with one attached hydrogen (secondary N) is 1. The lowest BCUT2D eigenvalue weighted by Gasteiger charge is -2.00. The maximum absolute atomic E-state index is 12.9. The highest BCUT2D eigenvalue weighted by Crippen LogP contribution is 2.16. The highest BCUT2D eigenvalue weighted by molar-refractivity contribution is 7.99. The molecule has 0 saturated heterocycles. The number of aromatic amines is 1. The van der Waals surface area contributed by atoms with Crippen LogP contribution in [0, 0.1) is 11.6 Å². The van der Waals surface area contributed by atoms with Crippen LogP contribution in [0.5, 0.6) is 0 Å². The summed E-state index contributed by atoms with van der Waals surface area (Å²) >= 11 is 1.46. The largest absolute Gasteiger partial charge is 0.294 e. The molecule has 0 radical (unpaired) electrons. The smallest absolute Gasteiger partial charge is 0.208 e. The fourth-order valence-corrected chi connectivity index (χ4v) is 3.07. The molecule has 7 heteroatoms. The van der Waals surface area contributed by atoms with Gasteiger partial charge in [0, 0.05) is 17.7 Å². The van der Waals surface area contributed by atoms with Crippen molar-refractivity contribution in [1.82, 2.24) is 15.2 Å². The lowest BCUT2D eigenvalue weighted by atomic mass is 10.1. The molecule has 0 fully saturated rings. The predicted molar refractivity (Wildman–Crippen MR) is 102 cm³/mol. The predicted octanol–water partition coefficient (Wildman–Crippen LogP) is 5.01. The third-order valence-corrected chi connectivity index (χ3v) is 4.66. The monoisotopic (exact) mass is 385 g/mol. The van der Waals surface area contributed by atoms with Crippen molar-refractivity contribution >= 4 is 29.7 Å². The number of Topliss-reactive ketones (excluding diaryl/α,β-unsaturated/α-hetero) is 1. The van der Waals surface area contributed by atoms with Gasteiger partial charge in [-0.15, -0.1) is 5.10 Å². The highest BCUT2D eigenvalue weighted by Gasteiger charge is 2.07. The first-order chi connectivity index (χ1) is 13.1. The van der Waals surface area contributed by atoms with E-state index < -0.39 is 0 Å². The number of rotatable bonds is 8. The zero-order valence-corrected chi connectivity index (χ0v) is 15.2. The minimum Gasteiger partial charge on any atom is -0.294 e. The number of benzene rings is 2. The van der Waals surface area contributed by atoms with Crippen LogP contribution < -0.4 is 0 Å². The van der Waals surface area contributed by atoms with E-state index in [1.165, 1.54) is 48.2 Å². The van der Waals surface area contributed by atoms with E-state index >= 15 is 0 Å². The van der Waals surface area contributed by atoms with E-state index in [1.807, 2.05) is 6.08 Å². The summed E-state index contributed by atoms with van der Waals surface area (Å²) in [6.07, 6.45) is 4.65. The van der Waals surface area contributed by atoms with E-state index in [4.69, 9.17) is 0 Å². The molecule has 1 N–H and O–H groups in total. The van der Waals surface area contributed by atoms with Crippen molar-refractivity contribution in [2.45, 2.75) is 18.0 Å². The zero-order chi connectivity index (χ0) is 19.1. The second kappa shape index (κ2) is 9.23. The number of nitrogens with zero attached hydrogens (tertiary/aromatic N) is 2. The lowest BCUT2D eigenvalue weighted by Crippen LogP contribution is -1.99. The van der Waals surface area contributed by atoms with Crippen molar-refractivity contribution in [3.8, 4) is 0 Å². The van der Waals surface area contributed by atoms with Gasteiger partial charge >= 0.3 is 0 Å². The van der Waals surface area contributed by atoms with Gasteiger partial charge < -0.3 is 0 Å². The molecule has 138 valence electrons. The molecule has 4 nitrogen and oxygen atoms in total. The third-order valence-electron chi connectivity index (χ3n) is 3.73. The molecule has 3 aromatic rings. The number of ketones is 1. The molecule has 27 heavy (non-hydrogen) atoms. The van der Waals surface area contributed by atoms with Gasteiger partial charge in [-0.3, -0.25) is 9.89 Å². The number of halogens is 2. The highest BCUT2D eigenvalue weighted by atomic mass is 32.2. The molecule has 0 bridgehead atoms. The summed E-state index contributed by atoms with van der Waals surface area (Å²) in [5.74, 6) is 0.670.